The molecule has 0 heterocycles. The van der Waals surface area contributed by atoms with E-state index in [1.54, 1.807) is 19.0 Å². The summed E-state index contributed by atoms with van der Waals surface area (Å²) in [6, 6.07) is 18.0. The van der Waals surface area contributed by atoms with Gasteiger partial charge in [0, 0.05) is 42.9 Å². The molecule has 1 amide bonds. The van der Waals surface area contributed by atoms with Gasteiger partial charge in [0.15, 0.2) is 5.96 Å². The summed E-state index contributed by atoms with van der Waals surface area (Å²) < 4.78 is 0. The first-order valence-electron chi connectivity index (χ1n) is 9.54. The highest BCUT2D eigenvalue weighted by Gasteiger charge is 2.08. The molecule has 0 bridgehead atoms. The van der Waals surface area contributed by atoms with Gasteiger partial charge in [-0.2, -0.15) is 0 Å². The number of hydrogen-bond acceptors (Lipinski definition) is 3. The Morgan fingerprint density at radius 2 is 1.75 bits per heavy atom. The number of amides is 1. The molecule has 0 radical (unpaired) electrons. The Hall–Kier alpha value is -2.47. The van der Waals surface area contributed by atoms with E-state index < -0.39 is 0 Å². The molecule has 1 atom stereocenters. The van der Waals surface area contributed by atoms with Gasteiger partial charge in [0.25, 0.3) is 5.91 Å². The lowest BCUT2D eigenvalue weighted by atomic mass is 10.1. The van der Waals surface area contributed by atoms with Crippen molar-refractivity contribution in [1.82, 2.24) is 15.5 Å². The summed E-state index contributed by atoms with van der Waals surface area (Å²) in [6.45, 7) is 6.45. The molecule has 0 saturated carbocycles. The maximum absolute atomic E-state index is 12.0. The van der Waals surface area contributed by atoms with Crippen LogP contribution in [-0.4, -0.2) is 49.2 Å². The van der Waals surface area contributed by atoms with Crippen molar-refractivity contribution in [3.05, 3.63) is 65.7 Å². The molecule has 150 valence electrons. The SMILES string of the molecule is CCNC(=NCc1ccc(C(=O)N(C)C)cc1)NCC(C)Sc1ccccc1. The minimum atomic E-state index is 0.00922. The number of hydrogen-bond donors (Lipinski definition) is 2. The van der Waals surface area contributed by atoms with Gasteiger partial charge >= 0.3 is 0 Å². The van der Waals surface area contributed by atoms with Crippen LogP contribution in [0.25, 0.3) is 0 Å². The summed E-state index contributed by atoms with van der Waals surface area (Å²) >= 11 is 1.84. The van der Waals surface area contributed by atoms with Crippen molar-refractivity contribution in [2.75, 3.05) is 27.2 Å². The van der Waals surface area contributed by atoms with Crippen LogP contribution in [0.5, 0.6) is 0 Å². The lowest BCUT2D eigenvalue weighted by Gasteiger charge is -2.16. The third-order valence-electron chi connectivity index (χ3n) is 4.01. The average Bonchev–Trinajstić information content (AvgIpc) is 2.70. The average molecular weight is 399 g/mol. The highest BCUT2D eigenvalue weighted by atomic mass is 32.2. The van der Waals surface area contributed by atoms with Gasteiger partial charge in [-0.05, 0) is 36.8 Å². The Balaban J connectivity index is 1.90. The number of rotatable bonds is 8. The van der Waals surface area contributed by atoms with E-state index in [0.717, 1.165) is 24.6 Å². The van der Waals surface area contributed by atoms with Crippen molar-refractivity contribution >= 4 is 23.6 Å². The molecule has 0 aliphatic carbocycles. The zero-order valence-corrected chi connectivity index (χ0v) is 17.9. The standard InChI is InChI=1S/C22H30N4OS/c1-5-23-22(24-15-17(2)28-20-9-7-6-8-10-20)25-16-18-11-13-19(14-12-18)21(27)26(3)4/h6-14,17H,5,15-16H2,1-4H3,(H2,23,24,25). The molecular formula is C22H30N4OS. The molecule has 0 aliphatic heterocycles. The first-order chi connectivity index (χ1) is 13.5. The van der Waals surface area contributed by atoms with Gasteiger partial charge in [0.05, 0.1) is 6.54 Å². The van der Waals surface area contributed by atoms with Gasteiger partial charge in [-0.3, -0.25) is 4.79 Å². The summed E-state index contributed by atoms with van der Waals surface area (Å²) in [6.07, 6.45) is 0. The van der Waals surface area contributed by atoms with Crippen LogP contribution in [0.2, 0.25) is 0 Å². The van der Waals surface area contributed by atoms with E-state index in [1.165, 1.54) is 4.90 Å². The molecule has 0 fully saturated rings. The van der Waals surface area contributed by atoms with Crippen LogP contribution >= 0.6 is 11.8 Å². The van der Waals surface area contributed by atoms with Crippen LogP contribution in [-0.2, 0) is 6.54 Å². The normalized spacial score (nSPS) is 12.4. The number of carbonyl (C=O) groups is 1. The fourth-order valence-electron chi connectivity index (χ4n) is 2.54. The molecular weight excluding hydrogens is 368 g/mol. The Bertz CT molecular complexity index is 760. The molecule has 2 rings (SSSR count). The molecule has 0 aromatic heterocycles. The second-order valence-corrected chi connectivity index (χ2v) is 8.23. The number of benzene rings is 2. The number of aliphatic imine (C=N–C) groups is 1. The molecule has 28 heavy (non-hydrogen) atoms. The minimum absolute atomic E-state index is 0.00922. The Kier molecular flexibility index (Phi) is 8.88. The fourth-order valence-corrected chi connectivity index (χ4v) is 3.48. The van der Waals surface area contributed by atoms with Crippen LogP contribution in [0, 0.1) is 0 Å². The highest BCUT2D eigenvalue weighted by Crippen LogP contribution is 2.21. The number of guanidine groups is 1. The predicted molar refractivity (Wildman–Crippen MR) is 119 cm³/mol. The summed E-state index contributed by atoms with van der Waals surface area (Å²) in [7, 11) is 3.51. The maximum Gasteiger partial charge on any atom is 0.253 e. The van der Waals surface area contributed by atoms with Gasteiger partial charge in [0.2, 0.25) is 0 Å². The van der Waals surface area contributed by atoms with E-state index >= 15 is 0 Å². The molecule has 6 heteroatoms. The molecule has 2 N–H and O–H groups in total. The van der Waals surface area contributed by atoms with Crippen molar-refractivity contribution in [3.63, 3.8) is 0 Å². The summed E-state index contributed by atoms with van der Waals surface area (Å²) in [5.74, 6) is 0.811. The predicted octanol–water partition coefficient (Wildman–Crippen LogP) is 3.62. The fraction of sp³-hybridized carbons (Fsp3) is 0.364. The van der Waals surface area contributed by atoms with E-state index in [2.05, 4.69) is 53.7 Å². The quantitative estimate of drug-likeness (QED) is 0.405. The zero-order valence-electron chi connectivity index (χ0n) is 17.1. The van der Waals surface area contributed by atoms with Gasteiger partial charge < -0.3 is 15.5 Å². The monoisotopic (exact) mass is 398 g/mol. The molecule has 2 aromatic carbocycles. The molecule has 0 aliphatic rings. The van der Waals surface area contributed by atoms with Crippen molar-refractivity contribution in [1.29, 1.82) is 0 Å². The van der Waals surface area contributed by atoms with E-state index in [0.29, 0.717) is 17.4 Å². The largest absolute Gasteiger partial charge is 0.357 e. The summed E-state index contributed by atoms with van der Waals surface area (Å²) in [5.41, 5.74) is 1.76. The number of nitrogens with one attached hydrogen (secondary N) is 2. The van der Waals surface area contributed by atoms with Crippen molar-refractivity contribution in [2.45, 2.75) is 30.5 Å². The first-order valence-corrected chi connectivity index (χ1v) is 10.4. The van der Waals surface area contributed by atoms with E-state index in [1.807, 2.05) is 42.1 Å². The first kappa shape index (κ1) is 21.8. The highest BCUT2D eigenvalue weighted by molar-refractivity contribution is 8.00. The minimum Gasteiger partial charge on any atom is -0.357 e. The number of carbonyl (C=O) groups excluding carboxylic acids is 1. The number of thioether (sulfide) groups is 1. The second-order valence-electron chi connectivity index (χ2n) is 6.71. The Labute approximate surface area is 172 Å². The summed E-state index contributed by atoms with van der Waals surface area (Å²) in [4.78, 5) is 19.5. The van der Waals surface area contributed by atoms with Crippen LogP contribution in [0.3, 0.4) is 0 Å². The third-order valence-corrected chi connectivity index (χ3v) is 5.12. The summed E-state index contributed by atoms with van der Waals surface area (Å²) in [5, 5.41) is 7.12. The van der Waals surface area contributed by atoms with Crippen LogP contribution in [0.4, 0.5) is 0 Å². The van der Waals surface area contributed by atoms with E-state index in [-0.39, 0.29) is 5.91 Å². The van der Waals surface area contributed by atoms with E-state index in [9.17, 15) is 4.79 Å². The number of nitrogens with zero attached hydrogens (tertiary/aromatic N) is 2. The molecule has 0 saturated heterocycles. The van der Waals surface area contributed by atoms with Crippen molar-refractivity contribution in [2.24, 2.45) is 4.99 Å². The molecule has 0 spiro atoms. The molecule has 2 aromatic rings. The van der Waals surface area contributed by atoms with Crippen molar-refractivity contribution < 1.29 is 4.79 Å². The lowest BCUT2D eigenvalue weighted by molar-refractivity contribution is 0.0827. The Morgan fingerprint density at radius 3 is 2.36 bits per heavy atom. The van der Waals surface area contributed by atoms with Crippen LogP contribution in [0.1, 0.15) is 29.8 Å². The lowest BCUT2D eigenvalue weighted by Crippen LogP contribution is -2.40. The van der Waals surface area contributed by atoms with E-state index in [4.69, 9.17) is 0 Å². The van der Waals surface area contributed by atoms with Crippen molar-refractivity contribution in [3.8, 4) is 0 Å². The van der Waals surface area contributed by atoms with Gasteiger partial charge in [-0.25, -0.2) is 4.99 Å². The van der Waals surface area contributed by atoms with Gasteiger partial charge in [0.1, 0.15) is 0 Å². The third kappa shape index (κ3) is 7.27. The molecule has 1 unspecified atom stereocenters. The molecule has 5 nitrogen and oxygen atoms in total. The van der Waals surface area contributed by atoms with Crippen LogP contribution in [0.15, 0.2) is 64.5 Å². The van der Waals surface area contributed by atoms with Gasteiger partial charge in [-0.15, -0.1) is 11.8 Å². The topological polar surface area (TPSA) is 56.7 Å². The van der Waals surface area contributed by atoms with Gasteiger partial charge in [-0.1, -0.05) is 37.3 Å². The maximum atomic E-state index is 12.0. The smallest absolute Gasteiger partial charge is 0.253 e. The zero-order chi connectivity index (χ0) is 20.4. The second kappa shape index (κ2) is 11.4. The van der Waals surface area contributed by atoms with Crippen LogP contribution < -0.4 is 10.6 Å². The Morgan fingerprint density at radius 1 is 1.07 bits per heavy atom.